The second-order valence-electron chi connectivity index (χ2n) is 3.51. The Bertz CT molecular complexity index is 570. The van der Waals surface area contributed by atoms with Gasteiger partial charge in [-0.25, -0.2) is 0 Å². The lowest BCUT2D eigenvalue weighted by Crippen LogP contribution is -2.28. The Kier molecular flexibility index (Phi) is 3.44. The first-order chi connectivity index (χ1) is 8.90. The van der Waals surface area contributed by atoms with Crippen LogP contribution in [0.3, 0.4) is 0 Å². The van der Waals surface area contributed by atoms with Crippen molar-refractivity contribution < 1.29 is 14.6 Å². The minimum atomic E-state index is -0.757. The van der Waals surface area contributed by atoms with Crippen LogP contribution in [-0.4, -0.2) is 25.8 Å². The average molecular weight is 299 g/mol. The normalized spacial score (nSPS) is 14.8. The molecule has 1 saturated heterocycles. The molecule has 1 amide bonds. The fraction of sp³-hybridized carbons (Fsp3) is 0.111. The van der Waals surface area contributed by atoms with E-state index in [-0.39, 0.29) is 21.7 Å². The summed E-state index contributed by atoms with van der Waals surface area (Å²) in [5.41, 5.74) is -0.880. The van der Waals surface area contributed by atoms with E-state index in [2.05, 4.69) is 0 Å². The molecule has 0 aromatic heterocycles. The molecule has 0 N–H and O–H groups in total. The van der Waals surface area contributed by atoms with Crippen LogP contribution in [0.1, 0.15) is 0 Å². The molecule has 0 saturated carbocycles. The van der Waals surface area contributed by atoms with E-state index in [1.165, 1.54) is 0 Å². The number of carbonyl (C=O) groups excluding carboxylic acids is 1. The van der Waals surface area contributed by atoms with E-state index in [4.69, 9.17) is 12.2 Å². The van der Waals surface area contributed by atoms with Crippen LogP contribution in [-0.2, 0) is 4.79 Å². The van der Waals surface area contributed by atoms with E-state index >= 15 is 0 Å². The summed E-state index contributed by atoms with van der Waals surface area (Å²) in [6.07, 6.45) is 0. The first-order valence-electron chi connectivity index (χ1n) is 4.83. The van der Waals surface area contributed by atoms with Crippen molar-refractivity contribution in [3.05, 3.63) is 38.4 Å². The van der Waals surface area contributed by atoms with Gasteiger partial charge in [0, 0.05) is 12.1 Å². The Hall–Kier alpha value is -2.07. The molecule has 0 bridgehead atoms. The van der Waals surface area contributed by atoms with E-state index in [0.717, 1.165) is 34.9 Å². The summed E-state index contributed by atoms with van der Waals surface area (Å²) in [6.45, 7) is 0. The van der Waals surface area contributed by atoms with Crippen molar-refractivity contribution in [3.8, 4) is 0 Å². The third kappa shape index (κ3) is 2.53. The number of nitrogens with zero attached hydrogens (tertiary/aromatic N) is 3. The molecule has 1 heterocycles. The Balaban J connectivity index is 2.56. The van der Waals surface area contributed by atoms with Gasteiger partial charge in [0.2, 0.25) is 5.91 Å². The minimum Gasteiger partial charge on any atom is -0.273 e. The van der Waals surface area contributed by atoms with Gasteiger partial charge in [-0.3, -0.25) is 29.9 Å². The monoisotopic (exact) mass is 299 g/mol. The average Bonchev–Trinajstić information content (AvgIpc) is 2.68. The fourth-order valence-corrected chi connectivity index (χ4v) is 2.62. The predicted molar refractivity (Wildman–Crippen MR) is 72.3 cm³/mol. The third-order valence-corrected chi connectivity index (χ3v) is 3.68. The Morgan fingerprint density at radius 1 is 1.16 bits per heavy atom. The lowest BCUT2D eigenvalue weighted by Gasteiger charge is -2.14. The number of amides is 1. The molecule has 1 aliphatic heterocycles. The standard InChI is InChI=1S/C9H5N3O5S2/c13-8-4-19-9(18)10(8)5-1-6(11(14)15)3-7(2-5)12(16)17/h1-3H,4H2. The number of hydrogen-bond acceptors (Lipinski definition) is 7. The summed E-state index contributed by atoms with van der Waals surface area (Å²) in [5, 5.41) is 21.5. The maximum Gasteiger partial charge on any atom is 0.278 e. The quantitative estimate of drug-likeness (QED) is 0.476. The summed E-state index contributed by atoms with van der Waals surface area (Å²) >= 11 is 6.05. The lowest BCUT2D eigenvalue weighted by atomic mass is 10.2. The van der Waals surface area contributed by atoms with E-state index in [0.29, 0.717) is 0 Å². The highest BCUT2D eigenvalue weighted by molar-refractivity contribution is 8.24. The van der Waals surface area contributed by atoms with E-state index in [1.807, 2.05) is 0 Å². The first kappa shape index (κ1) is 13.4. The third-order valence-electron chi connectivity index (χ3n) is 2.32. The van der Waals surface area contributed by atoms with E-state index in [9.17, 15) is 25.0 Å². The number of anilines is 1. The molecule has 1 aliphatic rings. The molecule has 0 radical (unpaired) electrons. The van der Waals surface area contributed by atoms with Crippen molar-refractivity contribution >= 4 is 51.3 Å². The molecule has 19 heavy (non-hydrogen) atoms. The van der Waals surface area contributed by atoms with E-state index < -0.39 is 21.2 Å². The summed E-state index contributed by atoms with van der Waals surface area (Å²) in [5.74, 6) is -0.236. The Labute approximate surface area is 115 Å². The molecule has 0 spiro atoms. The maximum absolute atomic E-state index is 11.6. The molecular formula is C9H5N3O5S2. The highest BCUT2D eigenvalue weighted by atomic mass is 32.2. The first-order valence-corrected chi connectivity index (χ1v) is 6.23. The number of nitro groups is 2. The van der Waals surface area contributed by atoms with Gasteiger partial charge in [0.05, 0.1) is 27.4 Å². The van der Waals surface area contributed by atoms with Gasteiger partial charge in [-0.05, 0) is 0 Å². The van der Waals surface area contributed by atoms with Gasteiger partial charge in [0.25, 0.3) is 11.4 Å². The number of thiocarbonyl (C=S) groups is 1. The summed E-state index contributed by atoms with van der Waals surface area (Å²) in [4.78, 5) is 32.7. The van der Waals surface area contributed by atoms with Crippen molar-refractivity contribution in [1.82, 2.24) is 0 Å². The number of non-ortho nitro benzene ring substituents is 2. The summed E-state index contributed by atoms with van der Waals surface area (Å²) in [6, 6.07) is 3.01. The zero-order valence-electron chi connectivity index (χ0n) is 9.14. The molecule has 2 rings (SSSR count). The van der Waals surface area contributed by atoms with E-state index in [1.54, 1.807) is 0 Å². The minimum absolute atomic E-state index is 0.0425. The molecule has 0 atom stereocenters. The molecule has 98 valence electrons. The highest BCUT2D eigenvalue weighted by Gasteiger charge is 2.30. The highest BCUT2D eigenvalue weighted by Crippen LogP contribution is 2.32. The number of nitro benzene ring substituents is 2. The number of benzene rings is 1. The zero-order chi connectivity index (χ0) is 14.2. The summed E-state index contributed by atoms with van der Waals surface area (Å²) in [7, 11) is 0. The molecule has 1 fully saturated rings. The number of thioether (sulfide) groups is 1. The Morgan fingerprint density at radius 2 is 1.68 bits per heavy atom. The smallest absolute Gasteiger partial charge is 0.273 e. The fourth-order valence-electron chi connectivity index (χ4n) is 1.52. The van der Waals surface area contributed by atoms with Crippen LogP contribution in [0.25, 0.3) is 0 Å². The predicted octanol–water partition coefficient (Wildman–Crippen LogP) is 1.87. The van der Waals surface area contributed by atoms with Crippen LogP contribution in [0.2, 0.25) is 0 Å². The van der Waals surface area contributed by atoms with Crippen molar-refractivity contribution in [2.24, 2.45) is 0 Å². The van der Waals surface area contributed by atoms with Crippen molar-refractivity contribution in [2.45, 2.75) is 0 Å². The zero-order valence-corrected chi connectivity index (χ0v) is 10.8. The van der Waals surface area contributed by atoms with Crippen LogP contribution in [0.5, 0.6) is 0 Å². The van der Waals surface area contributed by atoms with Crippen LogP contribution < -0.4 is 4.90 Å². The summed E-state index contributed by atoms with van der Waals surface area (Å²) < 4.78 is 0.222. The van der Waals surface area contributed by atoms with Gasteiger partial charge in [-0.15, -0.1) is 0 Å². The van der Waals surface area contributed by atoms with Gasteiger partial charge in [-0.1, -0.05) is 24.0 Å². The van der Waals surface area contributed by atoms with Crippen molar-refractivity contribution in [1.29, 1.82) is 0 Å². The van der Waals surface area contributed by atoms with Gasteiger partial charge in [-0.2, -0.15) is 0 Å². The maximum atomic E-state index is 11.6. The molecular weight excluding hydrogens is 294 g/mol. The van der Waals surface area contributed by atoms with Crippen molar-refractivity contribution in [2.75, 3.05) is 10.7 Å². The second-order valence-corrected chi connectivity index (χ2v) is 5.11. The molecule has 1 aromatic rings. The van der Waals surface area contributed by atoms with Gasteiger partial charge >= 0.3 is 0 Å². The van der Waals surface area contributed by atoms with Crippen LogP contribution in [0.15, 0.2) is 18.2 Å². The van der Waals surface area contributed by atoms with Gasteiger partial charge in [0.15, 0.2) is 0 Å². The second kappa shape index (κ2) is 4.90. The van der Waals surface area contributed by atoms with Gasteiger partial charge < -0.3 is 0 Å². The number of rotatable bonds is 3. The lowest BCUT2D eigenvalue weighted by molar-refractivity contribution is -0.394. The van der Waals surface area contributed by atoms with Crippen LogP contribution in [0, 0.1) is 20.2 Å². The molecule has 8 nitrogen and oxygen atoms in total. The molecule has 10 heteroatoms. The number of hydrogen-bond donors (Lipinski definition) is 0. The molecule has 0 aliphatic carbocycles. The molecule has 0 unspecified atom stereocenters. The van der Waals surface area contributed by atoms with Crippen LogP contribution in [0.4, 0.5) is 17.1 Å². The van der Waals surface area contributed by atoms with Crippen molar-refractivity contribution in [3.63, 3.8) is 0 Å². The SMILES string of the molecule is O=C1CSC(=S)N1c1cc([N+](=O)[O-])cc([N+](=O)[O-])c1. The van der Waals surface area contributed by atoms with Gasteiger partial charge in [0.1, 0.15) is 4.32 Å². The largest absolute Gasteiger partial charge is 0.278 e. The topological polar surface area (TPSA) is 107 Å². The molecule has 1 aromatic carbocycles. The Morgan fingerprint density at radius 3 is 2.05 bits per heavy atom. The van der Waals surface area contributed by atoms with Crippen LogP contribution >= 0.6 is 24.0 Å². The number of carbonyl (C=O) groups is 1.